The third kappa shape index (κ3) is 18.5. The fourth-order valence-electron chi connectivity index (χ4n) is 2.91. The molecule has 0 radical (unpaired) electrons. The maximum absolute atomic E-state index is 10.5. The van der Waals surface area contributed by atoms with Gasteiger partial charge in [-0.25, -0.2) is 0 Å². The Hall–Kier alpha value is -1.34. The number of hydrogen-bond acceptors (Lipinski definition) is 10. The second kappa shape index (κ2) is 18.0. The monoisotopic (exact) mass is 759 g/mol. The van der Waals surface area contributed by atoms with Gasteiger partial charge in [-0.2, -0.15) is 16.8 Å². The first-order valence-corrected chi connectivity index (χ1v) is 15.0. The summed E-state index contributed by atoms with van der Waals surface area (Å²) in [5.41, 5.74) is 0.772. The molecule has 0 aliphatic rings. The fraction of sp³-hybridized carbons (Fsp3) is 0.500. The Morgan fingerprint density at radius 1 is 0.838 bits per heavy atom. The average molecular weight is 760 g/mol. The molecule has 0 heterocycles. The molecule has 0 bridgehead atoms. The molecule has 10 nitrogen and oxygen atoms in total. The van der Waals surface area contributed by atoms with Gasteiger partial charge in [-0.05, 0) is 56.5 Å². The zero-order chi connectivity index (χ0) is 27.2. The molecule has 0 spiro atoms. The average Bonchev–Trinajstić information content (AvgIpc) is 2.80. The van der Waals surface area contributed by atoms with Crippen molar-refractivity contribution in [3.8, 4) is 11.5 Å². The summed E-state index contributed by atoms with van der Waals surface area (Å²) in [5, 5.41) is 22.9. The Labute approximate surface area is 239 Å². The molecule has 0 saturated carbocycles. The third-order valence-electron chi connectivity index (χ3n) is 4.63. The van der Waals surface area contributed by atoms with Gasteiger partial charge in [-0.3, -0.25) is 8.37 Å². The van der Waals surface area contributed by atoms with Gasteiger partial charge in [0.05, 0.1) is 31.8 Å². The van der Waals surface area contributed by atoms with Crippen LogP contribution in [0, 0.1) is 0 Å². The van der Waals surface area contributed by atoms with E-state index in [0.29, 0.717) is 19.4 Å². The van der Waals surface area contributed by atoms with Crippen LogP contribution in [-0.4, -0.2) is 97.7 Å². The van der Waals surface area contributed by atoms with E-state index in [-0.39, 0.29) is 57.3 Å². The number of hydrogen-bond donors (Lipinski definition) is 3. The number of para-hydroxylation sites is 1. The van der Waals surface area contributed by atoms with Gasteiger partial charge in [0.1, 0.15) is 18.1 Å². The summed E-state index contributed by atoms with van der Waals surface area (Å²) in [4.78, 5) is 0. The fourth-order valence-corrected chi connectivity index (χ4v) is 3.75. The summed E-state index contributed by atoms with van der Waals surface area (Å²) in [6.07, 6.45) is 2.14. The van der Waals surface area contributed by atoms with E-state index < -0.39 is 26.3 Å². The van der Waals surface area contributed by atoms with E-state index >= 15 is 0 Å². The van der Waals surface area contributed by atoms with Gasteiger partial charge < -0.3 is 20.3 Å². The summed E-state index contributed by atoms with van der Waals surface area (Å²) >= 11 is 0. The normalized spacial score (nSPS) is 13.9. The van der Waals surface area contributed by atoms with Gasteiger partial charge in [-0.15, -0.1) is 0 Å². The van der Waals surface area contributed by atoms with Crippen LogP contribution in [0.1, 0.15) is 38.4 Å². The molecule has 0 saturated heterocycles. The van der Waals surface area contributed by atoms with Crippen LogP contribution < -0.4 is 10.1 Å². The predicted molar refractivity (Wildman–Crippen MR) is 148 cm³/mol. The molecule has 3 N–H and O–H groups in total. The summed E-state index contributed by atoms with van der Waals surface area (Å²) in [5.74, 6) is 1.03. The van der Waals surface area contributed by atoms with E-state index in [1.54, 1.807) is 24.3 Å². The van der Waals surface area contributed by atoms with E-state index in [1.165, 1.54) is 0 Å². The third-order valence-corrected chi connectivity index (χ3v) is 5.82. The molecule has 0 aliphatic carbocycles. The first-order valence-electron chi connectivity index (χ1n) is 11.4. The van der Waals surface area contributed by atoms with Crippen LogP contribution in [0.5, 0.6) is 11.5 Å². The number of aromatic hydroxyl groups is 1. The molecule has 13 heteroatoms. The Kier molecular flexibility index (Phi) is 17.4. The molecule has 37 heavy (non-hydrogen) atoms. The Morgan fingerprint density at radius 2 is 1.32 bits per heavy atom. The van der Waals surface area contributed by atoms with E-state index in [2.05, 4.69) is 13.7 Å². The summed E-state index contributed by atoms with van der Waals surface area (Å²) in [6.45, 7) is 4.56. The number of phenolic OH excluding ortho intramolecular Hbond substituents is 1. The van der Waals surface area contributed by atoms with E-state index in [1.807, 2.05) is 44.2 Å². The molecule has 3 unspecified atom stereocenters. The number of ether oxygens (including phenoxy) is 1. The Balaban J connectivity index is 0.000000755. The van der Waals surface area contributed by atoms with Crippen LogP contribution in [0.2, 0.25) is 0 Å². The second-order valence-electron chi connectivity index (χ2n) is 8.28. The number of rotatable bonds is 14. The molecular formula is C24H40BiNO9S2. The standard InChI is InChI=1S/C18H23NO3.C6H14O6S2.Bi.3H/c1-13(12-22-17-6-4-3-5-7-17)19-14(2)18(21)15-8-10-16(20)11-9-15;1-13(7,8)11-5-3-4-6-12-14(2,9)10;;;;/h3-11,13-14,18-21H,12H2,1-2H3;3-6H2,1-2H3;;;;. The SMILES string of the molecule is CC(COc1ccccc1)NC(C)C(O)c1ccc(O)cc1.CS(=O)(=O)OCCCCOS(C)(=O)=O.[BiH3]. The molecule has 2 aromatic carbocycles. The van der Waals surface area contributed by atoms with Crippen LogP contribution in [0.4, 0.5) is 0 Å². The molecule has 2 rings (SSSR count). The Bertz CT molecular complexity index is 1050. The first kappa shape index (κ1) is 35.7. The maximum atomic E-state index is 10.5. The number of benzene rings is 2. The van der Waals surface area contributed by atoms with Crippen molar-refractivity contribution in [1.82, 2.24) is 5.32 Å². The number of unbranched alkanes of at least 4 members (excludes halogenated alkanes) is 1. The number of nitrogens with one attached hydrogen (secondary N) is 1. The predicted octanol–water partition coefficient (Wildman–Crippen LogP) is 1.41. The van der Waals surface area contributed by atoms with Gasteiger partial charge >= 0.3 is 26.2 Å². The van der Waals surface area contributed by atoms with Crippen molar-refractivity contribution in [3.05, 3.63) is 60.2 Å². The zero-order valence-electron chi connectivity index (χ0n) is 21.7. The minimum atomic E-state index is -3.40. The molecule has 0 fully saturated rings. The van der Waals surface area contributed by atoms with Crippen molar-refractivity contribution < 1.29 is 40.2 Å². The van der Waals surface area contributed by atoms with E-state index in [0.717, 1.165) is 23.8 Å². The number of aliphatic hydroxyl groups is 1. The quantitative estimate of drug-likeness (QED) is 0.147. The van der Waals surface area contributed by atoms with Crippen molar-refractivity contribution in [2.45, 2.75) is 44.9 Å². The topological polar surface area (TPSA) is 148 Å². The summed E-state index contributed by atoms with van der Waals surface area (Å²) < 4.78 is 56.4. The molecular weight excluding hydrogens is 719 g/mol. The molecule has 0 aliphatic heterocycles. The molecule has 0 amide bonds. The van der Waals surface area contributed by atoms with Gasteiger partial charge in [-0.1, -0.05) is 30.3 Å². The van der Waals surface area contributed by atoms with Crippen molar-refractivity contribution in [2.24, 2.45) is 0 Å². The van der Waals surface area contributed by atoms with Gasteiger partial charge in [0.15, 0.2) is 0 Å². The van der Waals surface area contributed by atoms with Gasteiger partial charge in [0.2, 0.25) is 0 Å². The molecule has 212 valence electrons. The van der Waals surface area contributed by atoms with Crippen molar-refractivity contribution in [2.75, 3.05) is 32.3 Å². The van der Waals surface area contributed by atoms with Crippen LogP contribution in [-0.2, 0) is 28.6 Å². The second-order valence-corrected chi connectivity index (χ2v) is 11.6. The van der Waals surface area contributed by atoms with Crippen LogP contribution in [0.3, 0.4) is 0 Å². The van der Waals surface area contributed by atoms with Crippen LogP contribution in [0.15, 0.2) is 54.6 Å². The van der Waals surface area contributed by atoms with Crippen molar-refractivity contribution in [1.29, 1.82) is 0 Å². The first-order chi connectivity index (χ1) is 16.8. The number of phenols is 1. The van der Waals surface area contributed by atoms with E-state index in [9.17, 15) is 27.0 Å². The summed E-state index contributed by atoms with van der Waals surface area (Å²) in [7, 11) is -6.80. The Morgan fingerprint density at radius 3 is 1.78 bits per heavy atom. The van der Waals surface area contributed by atoms with Crippen molar-refractivity contribution in [3.63, 3.8) is 0 Å². The van der Waals surface area contributed by atoms with Crippen LogP contribution >= 0.6 is 0 Å². The van der Waals surface area contributed by atoms with Gasteiger partial charge in [0.25, 0.3) is 20.2 Å². The summed E-state index contributed by atoms with van der Waals surface area (Å²) in [6, 6.07) is 16.2. The molecule has 2 aromatic rings. The van der Waals surface area contributed by atoms with Crippen LogP contribution in [0.25, 0.3) is 0 Å². The van der Waals surface area contributed by atoms with Gasteiger partial charge in [0, 0.05) is 12.1 Å². The number of aliphatic hydroxyl groups excluding tert-OH is 1. The zero-order valence-corrected chi connectivity index (χ0v) is 28.9. The van der Waals surface area contributed by atoms with E-state index in [4.69, 9.17) is 4.74 Å². The molecule has 0 aromatic heterocycles. The molecule has 3 atom stereocenters. The van der Waals surface area contributed by atoms with Crippen molar-refractivity contribution >= 4 is 46.4 Å². The minimum absolute atomic E-state index is 0.